The van der Waals surface area contributed by atoms with Crippen LogP contribution in [0.3, 0.4) is 0 Å². The molecule has 1 atom stereocenters. The zero-order valence-corrected chi connectivity index (χ0v) is 12.2. The molecule has 2 aliphatic rings. The fourth-order valence-electron chi connectivity index (χ4n) is 2.50. The van der Waals surface area contributed by atoms with Crippen molar-refractivity contribution in [1.82, 2.24) is 25.5 Å². The van der Waals surface area contributed by atoms with E-state index in [9.17, 15) is 4.79 Å². The van der Waals surface area contributed by atoms with E-state index >= 15 is 0 Å². The van der Waals surface area contributed by atoms with Crippen molar-refractivity contribution in [1.29, 1.82) is 0 Å². The summed E-state index contributed by atoms with van der Waals surface area (Å²) in [5.41, 5.74) is 1.84. The zero-order valence-electron chi connectivity index (χ0n) is 11.4. The minimum Gasteiger partial charge on any atom is -0.324 e. The number of carbonyl (C=O) groups is 1. The predicted octanol–water partition coefficient (Wildman–Crippen LogP) is 1.37. The Balaban J connectivity index is 1.61. The Morgan fingerprint density at radius 2 is 2.29 bits per heavy atom. The van der Waals surface area contributed by atoms with Gasteiger partial charge in [0.1, 0.15) is 6.04 Å². The second-order valence-corrected chi connectivity index (χ2v) is 6.24. The molecule has 4 rings (SSSR count). The topological polar surface area (TPSA) is 84.7 Å². The molecule has 1 amide bonds. The van der Waals surface area contributed by atoms with Crippen LogP contribution in [0.2, 0.25) is 0 Å². The van der Waals surface area contributed by atoms with E-state index in [0.717, 1.165) is 34.1 Å². The minimum absolute atomic E-state index is 0.0162. The molecule has 108 valence electrons. The van der Waals surface area contributed by atoms with Gasteiger partial charge in [-0.3, -0.25) is 4.79 Å². The number of nitrogens with zero attached hydrogens (tertiary/aromatic N) is 4. The molecule has 2 heterocycles. The van der Waals surface area contributed by atoms with Gasteiger partial charge in [0.25, 0.3) is 0 Å². The Morgan fingerprint density at radius 3 is 3.05 bits per heavy atom. The number of amides is 1. The first-order valence-electron chi connectivity index (χ1n) is 6.84. The lowest BCUT2D eigenvalue weighted by atomic mass is 10.1. The summed E-state index contributed by atoms with van der Waals surface area (Å²) in [6.45, 7) is 0. The fourth-order valence-corrected chi connectivity index (χ4v) is 3.38. The number of hydrogen-bond donors (Lipinski definition) is 2. The first kappa shape index (κ1) is 12.8. The Kier molecular flexibility index (Phi) is 2.93. The molecule has 21 heavy (non-hydrogen) atoms. The number of anilines is 1. The number of tetrazole rings is 1. The smallest absolute Gasteiger partial charge is 0.246 e. The van der Waals surface area contributed by atoms with Crippen LogP contribution in [0.4, 0.5) is 5.69 Å². The highest BCUT2D eigenvalue weighted by molar-refractivity contribution is 7.99. The van der Waals surface area contributed by atoms with Crippen LogP contribution < -0.4 is 10.6 Å². The van der Waals surface area contributed by atoms with Gasteiger partial charge in [-0.2, -0.15) is 0 Å². The van der Waals surface area contributed by atoms with Crippen LogP contribution in [0.1, 0.15) is 30.5 Å². The van der Waals surface area contributed by atoms with Crippen molar-refractivity contribution < 1.29 is 4.79 Å². The lowest BCUT2D eigenvalue weighted by Gasteiger charge is -2.07. The monoisotopic (exact) mass is 302 g/mol. The maximum atomic E-state index is 11.8. The lowest BCUT2D eigenvalue weighted by molar-refractivity contribution is -0.117. The second-order valence-electron chi connectivity index (χ2n) is 5.20. The van der Waals surface area contributed by atoms with Crippen LogP contribution in [-0.4, -0.2) is 33.2 Å². The molecule has 1 unspecified atom stereocenters. The van der Waals surface area contributed by atoms with Gasteiger partial charge < -0.3 is 10.6 Å². The highest BCUT2D eigenvalue weighted by Crippen LogP contribution is 2.39. The highest BCUT2D eigenvalue weighted by Gasteiger charge is 2.30. The van der Waals surface area contributed by atoms with E-state index in [1.54, 1.807) is 7.05 Å². The number of rotatable bonds is 4. The Bertz CT molecular complexity index is 710. The van der Waals surface area contributed by atoms with Crippen molar-refractivity contribution in [3.63, 3.8) is 0 Å². The van der Waals surface area contributed by atoms with E-state index in [0.29, 0.717) is 6.04 Å². The number of carbonyl (C=O) groups excluding carboxylic acids is 1. The number of hydrogen-bond acceptors (Lipinski definition) is 6. The molecule has 1 aliphatic carbocycles. The van der Waals surface area contributed by atoms with Crippen molar-refractivity contribution in [2.75, 3.05) is 12.4 Å². The summed E-state index contributed by atoms with van der Waals surface area (Å²) >= 11 is 1.52. The van der Waals surface area contributed by atoms with E-state index in [-0.39, 0.29) is 11.9 Å². The molecule has 2 N–H and O–H groups in total. The Labute approximate surface area is 125 Å². The van der Waals surface area contributed by atoms with Crippen molar-refractivity contribution in [3.8, 4) is 0 Å². The molecule has 0 radical (unpaired) electrons. The van der Waals surface area contributed by atoms with Crippen LogP contribution in [0.25, 0.3) is 0 Å². The Hall–Kier alpha value is -1.93. The Morgan fingerprint density at radius 1 is 1.43 bits per heavy atom. The zero-order chi connectivity index (χ0) is 14.4. The summed E-state index contributed by atoms with van der Waals surface area (Å²) in [6.07, 6.45) is 2.28. The third kappa shape index (κ3) is 2.20. The number of aromatic nitrogens is 4. The predicted molar refractivity (Wildman–Crippen MR) is 77.1 cm³/mol. The molecule has 1 aromatic heterocycles. The molecular formula is C13H14N6OS. The maximum Gasteiger partial charge on any atom is 0.246 e. The average molecular weight is 302 g/mol. The first-order chi connectivity index (χ1) is 10.3. The van der Waals surface area contributed by atoms with Gasteiger partial charge in [0.05, 0.1) is 6.04 Å². The summed E-state index contributed by atoms with van der Waals surface area (Å²) in [4.78, 5) is 12.8. The summed E-state index contributed by atoms with van der Waals surface area (Å²) in [5, 5.41) is 18.6. The van der Waals surface area contributed by atoms with Crippen molar-refractivity contribution >= 4 is 23.4 Å². The molecule has 0 bridgehead atoms. The van der Waals surface area contributed by atoms with Crippen molar-refractivity contribution in [2.45, 2.75) is 35.0 Å². The van der Waals surface area contributed by atoms with Gasteiger partial charge in [-0.15, -0.1) is 5.10 Å². The molecule has 1 fully saturated rings. The van der Waals surface area contributed by atoms with Gasteiger partial charge in [0.15, 0.2) is 0 Å². The summed E-state index contributed by atoms with van der Waals surface area (Å²) < 4.78 is 1.88. The number of fused-ring (bicyclic) bond motifs is 1. The van der Waals surface area contributed by atoms with Crippen LogP contribution in [0.15, 0.2) is 28.3 Å². The van der Waals surface area contributed by atoms with Gasteiger partial charge >= 0.3 is 0 Å². The normalized spacial score (nSPS) is 20.4. The van der Waals surface area contributed by atoms with Crippen LogP contribution >= 0.6 is 11.8 Å². The van der Waals surface area contributed by atoms with E-state index in [4.69, 9.17) is 0 Å². The summed E-state index contributed by atoms with van der Waals surface area (Å²) in [6, 6.07) is 6.13. The van der Waals surface area contributed by atoms with Crippen LogP contribution in [0, 0.1) is 0 Å². The number of nitrogens with one attached hydrogen (secondary N) is 2. The molecule has 2 aromatic rings. The molecular weight excluding hydrogens is 288 g/mol. The second kappa shape index (κ2) is 4.81. The quantitative estimate of drug-likeness (QED) is 0.887. The molecule has 7 nitrogen and oxygen atoms in total. The van der Waals surface area contributed by atoms with Crippen LogP contribution in [-0.2, 0) is 4.79 Å². The van der Waals surface area contributed by atoms with E-state index in [1.165, 1.54) is 11.8 Å². The minimum atomic E-state index is -0.268. The third-order valence-electron chi connectivity index (χ3n) is 3.71. The molecule has 8 heteroatoms. The van der Waals surface area contributed by atoms with Gasteiger partial charge in [0, 0.05) is 16.1 Å². The van der Waals surface area contributed by atoms with Gasteiger partial charge in [-0.1, -0.05) is 6.07 Å². The number of likely N-dealkylation sites (N-methyl/N-ethyl adjacent to an activating group) is 1. The fraction of sp³-hybridized carbons (Fsp3) is 0.385. The standard InChI is InChI=1S/C13H14N6OS/c1-14-11-9-5-4-8(6-10(9)15-12(11)20)21-13-16-17-18-19(13)7-2-3-7/h4-7,11,14H,2-3H2,1H3,(H,15,20). The van der Waals surface area contributed by atoms with E-state index in [2.05, 4.69) is 26.2 Å². The van der Waals surface area contributed by atoms with E-state index < -0.39 is 0 Å². The molecule has 1 saturated carbocycles. The van der Waals surface area contributed by atoms with Crippen molar-refractivity contribution in [2.24, 2.45) is 0 Å². The third-order valence-corrected chi connectivity index (χ3v) is 4.65. The van der Waals surface area contributed by atoms with Gasteiger partial charge in [-0.25, -0.2) is 4.68 Å². The maximum absolute atomic E-state index is 11.8. The highest BCUT2D eigenvalue weighted by atomic mass is 32.2. The summed E-state index contributed by atoms with van der Waals surface area (Å²) in [5.74, 6) is -0.0162. The van der Waals surface area contributed by atoms with Crippen molar-refractivity contribution in [3.05, 3.63) is 23.8 Å². The van der Waals surface area contributed by atoms with Crippen LogP contribution in [0.5, 0.6) is 0 Å². The largest absolute Gasteiger partial charge is 0.324 e. The molecule has 1 aliphatic heterocycles. The number of benzene rings is 1. The van der Waals surface area contributed by atoms with Gasteiger partial charge in [0.2, 0.25) is 11.1 Å². The van der Waals surface area contributed by atoms with Gasteiger partial charge in [-0.05, 0) is 54.2 Å². The summed E-state index contributed by atoms with van der Waals surface area (Å²) in [7, 11) is 1.78. The molecule has 1 aromatic carbocycles. The molecule has 0 saturated heterocycles. The lowest BCUT2D eigenvalue weighted by Crippen LogP contribution is -2.23. The SMILES string of the molecule is CNC1C(=O)Nc2cc(Sc3nnnn3C3CC3)ccc21. The average Bonchev–Trinajstić information content (AvgIpc) is 3.13. The first-order valence-corrected chi connectivity index (χ1v) is 7.65. The molecule has 0 spiro atoms. The van der Waals surface area contributed by atoms with E-state index in [1.807, 2.05) is 22.9 Å².